The number of sulfonamides is 1. The fourth-order valence-electron chi connectivity index (χ4n) is 2.05. The van der Waals surface area contributed by atoms with Gasteiger partial charge in [-0.25, -0.2) is 8.42 Å². The van der Waals surface area contributed by atoms with Gasteiger partial charge in [-0.2, -0.15) is 4.31 Å². The molecule has 0 atom stereocenters. The number of hydrogen-bond donors (Lipinski definition) is 1. The summed E-state index contributed by atoms with van der Waals surface area (Å²) in [4.78, 5) is 2.32. The Kier molecular flexibility index (Phi) is 3.98. The van der Waals surface area contributed by atoms with Crippen LogP contribution in [0.25, 0.3) is 0 Å². The van der Waals surface area contributed by atoms with E-state index in [9.17, 15) is 8.42 Å². The van der Waals surface area contributed by atoms with E-state index < -0.39 is 10.0 Å². The van der Waals surface area contributed by atoms with Gasteiger partial charge in [0.2, 0.25) is 10.0 Å². The molecule has 0 spiro atoms. The van der Waals surface area contributed by atoms with Crippen LogP contribution in [0, 0.1) is 0 Å². The predicted molar refractivity (Wildman–Crippen MR) is 73.7 cm³/mol. The van der Waals surface area contributed by atoms with Gasteiger partial charge in [0, 0.05) is 26.2 Å². The van der Waals surface area contributed by atoms with Gasteiger partial charge >= 0.3 is 0 Å². The highest BCUT2D eigenvalue weighted by Crippen LogP contribution is 2.26. The van der Waals surface area contributed by atoms with Gasteiger partial charge in [-0.1, -0.05) is 0 Å². The van der Waals surface area contributed by atoms with Crippen molar-refractivity contribution in [2.24, 2.45) is 0 Å². The SMILES string of the molecule is COc1ccc(S(=O)(=O)N2CCN(C)CC2)cc1N. The van der Waals surface area contributed by atoms with Crippen LogP contribution in [0.4, 0.5) is 5.69 Å². The Bertz CT molecular complexity index is 551. The molecule has 1 aromatic rings. The molecule has 1 aliphatic heterocycles. The van der Waals surface area contributed by atoms with Gasteiger partial charge in [-0.15, -0.1) is 0 Å². The largest absolute Gasteiger partial charge is 0.495 e. The summed E-state index contributed by atoms with van der Waals surface area (Å²) in [6.45, 7) is 2.49. The molecule has 0 saturated carbocycles. The first-order valence-corrected chi connectivity index (χ1v) is 7.51. The van der Waals surface area contributed by atoms with E-state index in [1.54, 1.807) is 6.07 Å². The van der Waals surface area contributed by atoms with Crippen molar-refractivity contribution in [2.45, 2.75) is 4.90 Å². The topological polar surface area (TPSA) is 75.9 Å². The minimum Gasteiger partial charge on any atom is -0.495 e. The van der Waals surface area contributed by atoms with Gasteiger partial charge in [-0.05, 0) is 25.2 Å². The molecule has 7 heteroatoms. The molecule has 19 heavy (non-hydrogen) atoms. The molecule has 2 rings (SSSR count). The summed E-state index contributed by atoms with van der Waals surface area (Å²) in [5.41, 5.74) is 6.10. The first kappa shape index (κ1) is 14.1. The quantitative estimate of drug-likeness (QED) is 0.804. The van der Waals surface area contributed by atoms with Crippen LogP contribution in [0.2, 0.25) is 0 Å². The van der Waals surface area contributed by atoms with Gasteiger partial charge < -0.3 is 15.4 Å². The summed E-state index contributed by atoms with van der Waals surface area (Å²) >= 11 is 0. The molecular weight excluding hydrogens is 266 g/mol. The Morgan fingerprint density at radius 3 is 2.37 bits per heavy atom. The molecule has 0 bridgehead atoms. The third kappa shape index (κ3) is 2.83. The Hall–Kier alpha value is -1.31. The van der Waals surface area contributed by atoms with Crippen molar-refractivity contribution in [3.05, 3.63) is 18.2 Å². The Morgan fingerprint density at radius 2 is 1.84 bits per heavy atom. The number of nitrogens with two attached hydrogens (primary N) is 1. The molecule has 0 unspecified atom stereocenters. The summed E-state index contributed by atoms with van der Waals surface area (Å²) in [5, 5.41) is 0. The maximum absolute atomic E-state index is 12.5. The second-order valence-corrected chi connectivity index (χ2v) is 6.55. The number of benzene rings is 1. The zero-order valence-corrected chi connectivity index (χ0v) is 12.0. The number of hydrogen-bond acceptors (Lipinski definition) is 5. The monoisotopic (exact) mass is 285 g/mol. The molecule has 1 heterocycles. The molecular formula is C12H19N3O3S. The van der Waals surface area contributed by atoms with Gasteiger partial charge in [0.1, 0.15) is 5.75 Å². The number of nitrogens with zero attached hydrogens (tertiary/aromatic N) is 2. The van der Waals surface area contributed by atoms with Crippen LogP contribution in [-0.2, 0) is 10.0 Å². The van der Waals surface area contributed by atoms with Crippen LogP contribution in [0.3, 0.4) is 0 Å². The van der Waals surface area contributed by atoms with E-state index in [2.05, 4.69) is 4.90 Å². The fourth-order valence-corrected chi connectivity index (χ4v) is 3.51. The molecule has 6 nitrogen and oxygen atoms in total. The van der Waals surface area contributed by atoms with Crippen LogP contribution in [0.5, 0.6) is 5.75 Å². The minimum absolute atomic E-state index is 0.218. The highest BCUT2D eigenvalue weighted by molar-refractivity contribution is 7.89. The van der Waals surface area contributed by atoms with Crippen molar-refractivity contribution in [3.63, 3.8) is 0 Å². The third-order valence-electron chi connectivity index (χ3n) is 3.30. The average molecular weight is 285 g/mol. The summed E-state index contributed by atoms with van der Waals surface area (Å²) in [6.07, 6.45) is 0. The lowest BCUT2D eigenvalue weighted by molar-refractivity contribution is 0.222. The number of likely N-dealkylation sites (N-methyl/N-ethyl adjacent to an activating group) is 1. The molecule has 106 valence electrons. The van der Waals surface area contributed by atoms with Crippen molar-refractivity contribution >= 4 is 15.7 Å². The number of methoxy groups -OCH3 is 1. The molecule has 0 radical (unpaired) electrons. The van der Waals surface area contributed by atoms with Gasteiger partial charge in [0.15, 0.2) is 0 Å². The Morgan fingerprint density at radius 1 is 1.21 bits per heavy atom. The van der Waals surface area contributed by atoms with Crippen LogP contribution < -0.4 is 10.5 Å². The average Bonchev–Trinajstić information content (AvgIpc) is 2.39. The van der Waals surface area contributed by atoms with E-state index >= 15 is 0 Å². The fraction of sp³-hybridized carbons (Fsp3) is 0.500. The zero-order valence-electron chi connectivity index (χ0n) is 11.2. The van der Waals surface area contributed by atoms with Crippen molar-refractivity contribution in [3.8, 4) is 5.75 Å². The second kappa shape index (κ2) is 5.36. The molecule has 0 aliphatic carbocycles. The lowest BCUT2D eigenvalue weighted by Gasteiger charge is -2.31. The van der Waals surface area contributed by atoms with E-state index in [0.29, 0.717) is 24.5 Å². The number of nitrogen functional groups attached to an aromatic ring is 1. The van der Waals surface area contributed by atoms with Crippen LogP contribution >= 0.6 is 0 Å². The van der Waals surface area contributed by atoms with Gasteiger partial charge in [-0.3, -0.25) is 0 Å². The summed E-state index contributed by atoms with van der Waals surface area (Å²) < 4.78 is 31.4. The summed E-state index contributed by atoms with van der Waals surface area (Å²) in [6, 6.07) is 4.56. The van der Waals surface area contributed by atoms with E-state index in [4.69, 9.17) is 10.5 Å². The lowest BCUT2D eigenvalue weighted by Crippen LogP contribution is -2.47. The number of rotatable bonds is 3. The number of anilines is 1. The Balaban J connectivity index is 2.27. The smallest absolute Gasteiger partial charge is 0.243 e. The molecule has 1 saturated heterocycles. The lowest BCUT2D eigenvalue weighted by atomic mass is 10.3. The highest BCUT2D eigenvalue weighted by Gasteiger charge is 2.27. The standard InChI is InChI=1S/C12H19N3O3S/c1-14-5-7-15(8-6-14)19(16,17)10-3-4-12(18-2)11(13)9-10/h3-4,9H,5-8,13H2,1-2H3. The molecule has 1 fully saturated rings. The van der Waals surface area contributed by atoms with Crippen LogP contribution in [-0.4, -0.2) is 58.0 Å². The Labute approximate surface area is 113 Å². The first-order chi connectivity index (χ1) is 8.95. The van der Waals surface area contributed by atoms with E-state index in [1.165, 1.54) is 23.5 Å². The maximum atomic E-state index is 12.5. The summed E-state index contributed by atoms with van der Waals surface area (Å²) in [5.74, 6) is 0.484. The molecule has 2 N–H and O–H groups in total. The summed E-state index contributed by atoms with van der Waals surface area (Å²) in [7, 11) is 0.0200. The zero-order chi connectivity index (χ0) is 14.0. The van der Waals surface area contributed by atoms with E-state index in [1.807, 2.05) is 7.05 Å². The van der Waals surface area contributed by atoms with E-state index in [-0.39, 0.29) is 4.90 Å². The van der Waals surface area contributed by atoms with Gasteiger partial charge in [0.25, 0.3) is 0 Å². The maximum Gasteiger partial charge on any atom is 0.243 e. The van der Waals surface area contributed by atoms with E-state index in [0.717, 1.165) is 13.1 Å². The third-order valence-corrected chi connectivity index (χ3v) is 5.20. The molecule has 1 aliphatic rings. The molecule has 0 amide bonds. The van der Waals surface area contributed by atoms with Crippen LogP contribution in [0.15, 0.2) is 23.1 Å². The van der Waals surface area contributed by atoms with Crippen molar-refractivity contribution in [1.82, 2.24) is 9.21 Å². The predicted octanol–water partition coefficient (Wildman–Crippen LogP) is 0.214. The normalized spacial score (nSPS) is 18.4. The number of ether oxygens (including phenoxy) is 1. The first-order valence-electron chi connectivity index (χ1n) is 6.07. The van der Waals surface area contributed by atoms with Gasteiger partial charge in [0.05, 0.1) is 17.7 Å². The molecule has 1 aromatic carbocycles. The highest BCUT2D eigenvalue weighted by atomic mass is 32.2. The van der Waals surface area contributed by atoms with Crippen LogP contribution in [0.1, 0.15) is 0 Å². The number of piperazine rings is 1. The van der Waals surface area contributed by atoms with Crippen molar-refractivity contribution in [1.29, 1.82) is 0 Å². The molecule has 0 aromatic heterocycles. The van der Waals surface area contributed by atoms with Crippen molar-refractivity contribution < 1.29 is 13.2 Å². The second-order valence-electron chi connectivity index (χ2n) is 4.61. The van der Waals surface area contributed by atoms with Crippen molar-refractivity contribution in [2.75, 3.05) is 46.1 Å². The minimum atomic E-state index is -3.46.